The maximum atomic E-state index is 13.1. The molecular formula is C20H18N2O6S. The van der Waals surface area contributed by atoms with E-state index in [4.69, 9.17) is 4.42 Å². The van der Waals surface area contributed by atoms with Crippen LogP contribution in [0.5, 0.6) is 0 Å². The van der Waals surface area contributed by atoms with E-state index in [0.717, 1.165) is 0 Å². The van der Waals surface area contributed by atoms with Crippen molar-refractivity contribution < 1.29 is 27.5 Å². The normalized spacial score (nSPS) is 14.5. The van der Waals surface area contributed by atoms with Gasteiger partial charge in [-0.15, -0.1) is 0 Å². The Balaban J connectivity index is 1.77. The fourth-order valence-corrected chi connectivity index (χ4v) is 5.02. The number of aliphatic carboxylic acids is 1. The van der Waals surface area contributed by atoms with Crippen LogP contribution in [-0.4, -0.2) is 38.0 Å². The highest BCUT2D eigenvalue weighted by Crippen LogP contribution is 2.39. The van der Waals surface area contributed by atoms with Crippen LogP contribution in [0.3, 0.4) is 0 Å². The van der Waals surface area contributed by atoms with Crippen LogP contribution in [-0.2, 0) is 21.2 Å². The highest BCUT2D eigenvalue weighted by Gasteiger charge is 2.33. The Morgan fingerprint density at radius 2 is 2.00 bits per heavy atom. The van der Waals surface area contributed by atoms with E-state index in [-0.39, 0.29) is 17.2 Å². The molecule has 2 heterocycles. The van der Waals surface area contributed by atoms with Gasteiger partial charge in [-0.05, 0) is 37.3 Å². The first-order valence-electron chi connectivity index (χ1n) is 8.98. The van der Waals surface area contributed by atoms with Crippen LogP contribution < -0.4 is 9.62 Å². The SMILES string of the molecule is CCN1C(=O)c2cccc3c(S(=O)(=O)NC(Cc4ccco4)C(=O)O)ccc1c23. The summed E-state index contributed by atoms with van der Waals surface area (Å²) in [5.74, 6) is -1.15. The molecule has 29 heavy (non-hydrogen) atoms. The van der Waals surface area contributed by atoms with Crippen molar-refractivity contribution in [1.29, 1.82) is 0 Å². The standard InChI is InChI=1S/C20H18N2O6S/c1-2-22-16-8-9-17(13-6-3-7-14(18(13)16)19(22)23)29(26,27)21-15(20(24)25)11-12-5-4-10-28-12/h3-10,15,21H,2,11H2,1H3,(H,24,25). The van der Waals surface area contributed by atoms with Crippen LogP contribution in [0.2, 0.25) is 0 Å². The quantitative estimate of drug-likeness (QED) is 0.613. The van der Waals surface area contributed by atoms with Gasteiger partial charge in [0.25, 0.3) is 5.91 Å². The number of hydrogen-bond donors (Lipinski definition) is 2. The molecule has 1 unspecified atom stereocenters. The molecule has 8 nitrogen and oxygen atoms in total. The van der Waals surface area contributed by atoms with Crippen molar-refractivity contribution in [3.05, 3.63) is 60.1 Å². The van der Waals surface area contributed by atoms with Gasteiger partial charge in [0.1, 0.15) is 11.8 Å². The third-order valence-electron chi connectivity index (χ3n) is 4.93. The molecule has 2 N–H and O–H groups in total. The van der Waals surface area contributed by atoms with Gasteiger partial charge in [0.15, 0.2) is 0 Å². The summed E-state index contributed by atoms with van der Waals surface area (Å²) in [6.07, 6.45) is 1.26. The molecule has 0 aliphatic carbocycles. The van der Waals surface area contributed by atoms with E-state index in [1.54, 1.807) is 41.3 Å². The van der Waals surface area contributed by atoms with Gasteiger partial charge in [0.2, 0.25) is 10.0 Å². The maximum absolute atomic E-state index is 13.1. The highest BCUT2D eigenvalue weighted by atomic mass is 32.2. The molecule has 0 radical (unpaired) electrons. The van der Waals surface area contributed by atoms with Crippen LogP contribution in [0.4, 0.5) is 5.69 Å². The minimum absolute atomic E-state index is 0.0745. The summed E-state index contributed by atoms with van der Waals surface area (Å²) >= 11 is 0. The number of sulfonamides is 1. The molecule has 0 saturated heterocycles. The smallest absolute Gasteiger partial charge is 0.322 e. The minimum atomic E-state index is -4.18. The summed E-state index contributed by atoms with van der Waals surface area (Å²) in [5, 5.41) is 10.4. The second-order valence-corrected chi connectivity index (χ2v) is 8.34. The fourth-order valence-electron chi connectivity index (χ4n) is 3.63. The van der Waals surface area contributed by atoms with Crippen molar-refractivity contribution >= 4 is 38.4 Å². The Morgan fingerprint density at radius 1 is 1.21 bits per heavy atom. The van der Waals surface area contributed by atoms with Gasteiger partial charge >= 0.3 is 5.97 Å². The summed E-state index contributed by atoms with van der Waals surface area (Å²) in [4.78, 5) is 25.7. The highest BCUT2D eigenvalue weighted by molar-refractivity contribution is 7.89. The largest absolute Gasteiger partial charge is 0.480 e. The molecule has 4 rings (SSSR count). The van der Waals surface area contributed by atoms with Crippen LogP contribution in [0.15, 0.2) is 58.0 Å². The Hall–Kier alpha value is -3.17. The lowest BCUT2D eigenvalue weighted by Crippen LogP contribution is -2.42. The molecule has 9 heteroatoms. The molecule has 0 fully saturated rings. The molecular weight excluding hydrogens is 396 g/mol. The molecule has 0 saturated carbocycles. The summed E-state index contributed by atoms with van der Waals surface area (Å²) < 4.78 is 33.5. The average molecular weight is 414 g/mol. The molecule has 0 bridgehead atoms. The van der Waals surface area contributed by atoms with Crippen molar-refractivity contribution in [3.8, 4) is 0 Å². The maximum Gasteiger partial charge on any atom is 0.322 e. The van der Waals surface area contributed by atoms with E-state index in [2.05, 4.69) is 4.72 Å². The molecule has 1 atom stereocenters. The second kappa shape index (κ2) is 7.02. The van der Waals surface area contributed by atoms with Gasteiger partial charge in [0.05, 0.1) is 16.8 Å². The Kier molecular flexibility index (Phi) is 4.64. The first kappa shape index (κ1) is 19.2. The first-order chi connectivity index (χ1) is 13.8. The van der Waals surface area contributed by atoms with Gasteiger partial charge in [-0.25, -0.2) is 8.42 Å². The molecule has 0 spiro atoms. The second-order valence-electron chi connectivity index (χ2n) is 6.66. The van der Waals surface area contributed by atoms with E-state index in [0.29, 0.717) is 34.3 Å². The molecule has 3 aromatic rings. The van der Waals surface area contributed by atoms with E-state index >= 15 is 0 Å². The number of carboxylic acid groups (broad SMARTS) is 1. The van der Waals surface area contributed by atoms with E-state index < -0.39 is 22.0 Å². The number of rotatable bonds is 7. The van der Waals surface area contributed by atoms with Crippen molar-refractivity contribution in [2.45, 2.75) is 24.3 Å². The molecule has 1 aliphatic rings. The number of carbonyl (C=O) groups excluding carboxylic acids is 1. The fraction of sp³-hybridized carbons (Fsp3) is 0.200. The van der Waals surface area contributed by atoms with Crippen molar-refractivity contribution in [2.24, 2.45) is 0 Å². The number of hydrogen-bond acceptors (Lipinski definition) is 5. The lowest BCUT2D eigenvalue weighted by molar-refractivity contribution is -0.139. The lowest BCUT2D eigenvalue weighted by atomic mass is 10.1. The third-order valence-corrected chi connectivity index (χ3v) is 6.46. The van der Waals surface area contributed by atoms with Crippen LogP contribution >= 0.6 is 0 Å². The van der Waals surface area contributed by atoms with Crippen molar-refractivity contribution in [1.82, 2.24) is 4.72 Å². The average Bonchev–Trinajstić information content (AvgIpc) is 3.29. The zero-order valence-corrected chi connectivity index (χ0v) is 16.3. The van der Waals surface area contributed by atoms with Gasteiger partial charge < -0.3 is 14.4 Å². The van der Waals surface area contributed by atoms with Gasteiger partial charge in [-0.1, -0.05) is 12.1 Å². The third kappa shape index (κ3) is 3.18. The van der Waals surface area contributed by atoms with Crippen LogP contribution in [0.25, 0.3) is 10.8 Å². The minimum Gasteiger partial charge on any atom is -0.480 e. The summed E-state index contributed by atoms with van der Waals surface area (Å²) in [6, 6.07) is 9.65. The molecule has 2 aromatic carbocycles. The van der Waals surface area contributed by atoms with Crippen molar-refractivity contribution in [2.75, 3.05) is 11.4 Å². The van der Waals surface area contributed by atoms with Gasteiger partial charge in [-0.3, -0.25) is 9.59 Å². The number of amides is 1. The zero-order chi connectivity index (χ0) is 20.8. The molecule has 1 aliphatic heterocycles. The number of furan rings is 1. The van der Waals surface area contributed by atoms with E-state index in [9.17, 15) is 23.1 Å². The number of benzene rings is 2. The zero-order valence-electron chi connectivity index (χ0n) is 15.5. The summed E-state index contributed by atoms with van der Waals surface area (Å²) in [6.45, 7) is 2.30. The summed E-state index contributed by atoms with van der Waals surface area (Å²) in [7, 11) is -4.18. The number of nitrogens with one attached hydrogen (secondary N) is 1. The van der Waals surface area contributed by atoms with Gasteiger partial charge in [-0.2, -0.15) is 4.72 Å². The predicted molar refractivity (Wildman–Crippen MR) is 105 cm³/mol. The van der Waals surface area contributed by atoms with E-state index in [1.807, 2.05) is 6.92 Å². The number of nitrogens with zero attached hydrogens (tertiary/aromatic N) is 1. The van der Waals surface area contributed by atoms with Crippen LogP contribution in [0.1, 0.15) is 23.0 Å². The van der Waals surface area contributed by atoms with E-state index in [1.165, 1.54) is 12.3 Å². The molecule has 1 aromatic heterocycles. The Labute approximate surface area is 166 Å². The predicted octanol–water partition coefficient (Wildman–Crippen LogP) is 2.39. The number of anilines is 1. The first-order valence-corrected chi connectivity index (χ1v) is 10.5. The lowest BCUT2D eigenvalue weighted by Gasteiger charge is -2.17. The molecule has 150 valence electrons. The molecule has 1 amide bonds. The monoisotopic (exact) mass is 414 g/mol. The van der Waals surface area contributed by atoms with Gasteiger partial charge in [0, 0.05) is 29.3 Å². The Morgan fingerprint density at radius 3 is 2.66 bits per heavy atom. The van der Waals surface area contributed by atoms with Crippen LogP contribution in [0, 0.1) is 0 Å². The number of carboxylic acids is 1. The summed E-state index contributed by atoms with van der Waals surface area (Å²) in [5.41, 5.74) is 1.08. The number of carbonyl (C=O) groups is 2. The topological polar surface area (TPSA) is 117 Å². The van der Waals surface area contributed by atoms with Crippen molar-refractivity contribution in [3.63, 3.8) is 0 Å². The Bertz CT molecular complexity index is 1220.